The van der Waals surface area contributed by atoms with E-state index in [-0.39, 0.29) is 0 Å². The van der Waals surface area contributed by atoms with Gasteiger partial charge in [-0.2, -0.15) is 8.42 Å². The number of hydrogen-bond acceptors (Lipinski definition) is 2. The molecule has 0 unspecified atom stereocenters. The van der Waals surface area contributed by atoms with Crippen molar-refractivity contribution in [2.45, 2.75) is 20.8 Å². The molecule has 0 saturated heterocycles. The van der Waals surface area contributed by atoms with Gasteiger partial charge in [0.2, 0.25) is 0 Å². The van der Waals surface area contributed by atoms with E-state index in [2.05, 4.69) is 9.12 Å². The summed E-state index contributed by atoms with van der Waals surface area (Å²) in [5.41, 5.74) is 2.10. The molecule has 62 valence electrons. The predicted molar refractivity (Wildman–Crippen MR) is 43.5 cm³/mol. The van der Waals surface area contributed by atoms with Crippen LogP contribution >= 0.6 is 0 Å². The van der Waals surface area contributed by atoms with Gasteiger partial charge in [-0.05, 0) is 26.3 Å². The lowest BCUT2D eigenvalue weighted by Gasteiger charge is -2.14. The zero-order chi connectivity index (χ0) is 8.65. The molecule has 1 heterocycles. The first-order valence-electron chi connectivity index (χ1n) is 3.19. The van der Waals surface area contributed by atoms with Crippen molar-refractivity contribution >= 4 is 15.9 Å². The lowest BCUT2D eigenvalue weighted by atomic mass is 10.2. The average molecular weight is 174 g/mol. The van der Waals surface area contributed by atoms with Crippen LogP contribution < -0.4 is 4.72 Å². The van der Waals surface area contributed by atoms with Gasteiger partial charge in [0.1, 0.15) is 0 Å². The third-order valence-corrected chi connectivity index (χ3v) is 2.72. The highest BCUT2D eigenvalue weighted by Gasteiger charge is 2.16. The summed E-state index contributed by atoms with van der Waals surface area (Å²) in [5, 5.41) is 0. The van der Waals surface area contributed by atoms with E-state index in [0.717, 1.165) is 5.57 Å². The average Bonchev–Trinajstić information content (AvgIpc) is 1.81. The molecular weight excluding hydrogens is 164 g/mol. The summed E-state index contributed by atoms with van der Waals surface area (Å²) in [5.74, 6) is 0. The van der Waals surface area contributed by atoms with E-state index in [1.807, 2.05) is 6.92 Å². The van der Waals surface area contributed by atoms with E-state index < -0.39 is 10.2 Å². The van der Waals surface area contributed by atoms with Crippen LogP contribution in [0.1, 0.15) is 20.8 Å². The first-order valence-corrected chi connectivity index (χ1v) is 4.63. The largest absolute Gasteiger partial charge is 0.342 e. The van der Waals surface area contributed by atoms with Crippen molar-refractivity contribution in [2.24, 2.45) is 4.40 Å². The number of allylic oxidation sites excluding steroid dienone is 2. The normalized spacial score (nSPS) is 22.6. The molecule has 4 nitrogen and oxygen atoms in total. The zero-order valence-electron chi connectivity index (χ0n) is 6.67. The van der Waals surface area contributed by atoms with Gasteiger partial charge in [-0.15, -0.1) is 4.40 Å². The van der Waals surface area contributed by atoms with Crippen LogP contribution in [0.25, 0.3) is 0 Å². The van der Waals surface area contributed by atoms with E-state index in [0.29, 0.717) is 11.4 Å². The van der Waals surface area contributed by atoms with Gasteiger partial charge in [0.05, 0.1) is 5.71 Å². The molecule has 1 N–H and O–H groups in total. The smallest absolute Gasteiger partial charge is 0.269 e. The highest BCUT2D eigenvalue weighted by Crippen LogP contribution is 2.11. The molecule has 0 aromatic heterocycles. The third kappa shape index (κ3) is 1.59. The van der Waals surface area contributed by atoms with Crippen molar-refractivity contribution in [3.8, 4) is 0 Å². The molecule has 11 heavy (non-hydrogen) atoms. The van der Waals surface area contributed by atoms with Gasteiger partial charge in [-0.1, -0.05) is 0 Å². The molecule has 1 rings (SSSR count). The van der Waals surface area contributed by atoms with Crippen molar-refractivity contribution in [3.63, 3.8) is 0 Å². The number of hydrogen-bond donors (Lipinski definition) is 1. The predicted octanol–water partition coefficient (Wildman–Crippen LogP) is 0.589. The maximum Gasteiger partial charge on any atom is 0.342 e. The Hall–Kier alpha value is -0.840. The molecule has 0 saturated carbocycles. The monoisotopic (exact) mass is 174 g/mol. The maximum absolute atomic E-state index is 10.9. The molecule has 0 atom stereocenters. The van der Waals surface area contributed by atoms with Crippen LogP contribution in [0, 0.1) is 0 Å². The Balaban J connectivity index is 3.22. The minimum atomic E-state index is -3.43. The molecule has 5 heteroatoms. The fourth-order valence-corrected chi connectivity index (χ4v) is 1.90. The highest BCUT2D eigenvalue weighted by molar-refractivity contribution is 7.88. The van der Waals surface area contributed by atoms with Gasteiger partial charge in [-0.25, -0.2) is 0 Å². The Morgan fingerprint density at radius 1 is 1.27 bits per heavy atom. The second kappa shape index (κ2) is 2.34. The molecule has 0 bridgehead atoms. The lowest BCUT2D eigenvalue weighted by molar-refractivity contribution is 0.589. The molecule has 0 spiro atoms. The van der Waals surface area contributed by atoms with E-state index in [4.69, 9.17) is 0 Å². The van der Waals surface area contributed by atoms with Gasteiger partial charge in [-0.3, -0.25) is 4.72 Å². The molecular formula is C6H10N2O2S. The second-order valence-electron chi connectivity index (χ2n) is 2.50. The van der Waals surface area contributed by atoms with Crippen molar-refractivity contribution in [1.29, 1.82) is 0 Å². The van der Waals surface area contributed by atoms with Gasteiger partial charge >= 0.3 is 10.2 Å². The van der Waals surface area contributed by atoms with Crippen LogP contribution in [0.2, 0.25) is 0 Å². The maximum atomic E-state index is 10.9. The molecule has 1 aliphatic rings. The van der Waals surface area contributed by atoms with Crippen molar-refractivity contribution in [3.05, 3.63) is 11.3 Å². The summed E-state index contributed by atoms with van der Waals surface area (Å²) in [4.78, 5) is 0. The Bertz CT molecular complexity index is 338. The first kappa shape index (κ1) is 8.26. The SMILES string of the molecule is CC1=NS(=O)(=O)NC(C)=C1C. The summed E-state index contributed by atoms with van der Waals surface area (Å²) in [6, 6.07) is 0. The molecule has 0 aliphatic carbocycles. The van der Waals surface area contributed by atoms with E-state index in [9.17, 15) is 8.42 Å². The lowest BCUT2D eigenvalue weighted by Crippen LogP contribution is -2.26. The standard InChI is InChI=1S/C6H10N2O2S/c1-4-5(2)7-11(9,10)8-6(4)3/h7H,1-3H3. The van der Waals surface area contributed by atoms with E-state index in [1.165, 1.54) is 0 Å². The van der Waals surface area contributed by atoms with Gasteiger partial charge in [0, 0.05) is 5.70 Å². The number of rotatable bonds is 0. The Kier molecular flexibility index (Phi) is 1.75. The second-order valence-corrected chi connectivity index (χ2v) is 3.84. The summed E-state index contributed by atoms with van der Waals surface area (Å²) >= 11 is 0. The first-order chi connectivity index (χ1) is 4.92. The van der Waals surface area contributed by atoms with Crippen molar-refractivity contribution in [2.75, 3.05) is 0 Å². The van der Waals surface area contributed by atoms with Crippen LogP contribution in [0.4, 0.5) is 0 Å². The van der Waals surface area contributed by atoms with Crippen LogP contribution in [-0.2, 0) is 10.2 Å². The van der Waals surface area contributed by atoms with E-state index in [1.54, 1.807) is 13.8 Å². The minimum absolute atomic E-state index is 0.557. The fraction of sp³-hybridized carbons (Fsp3) is 0.500. The summed E-state index contributed by atoms with van der Waals surface area (Å²) in [7, 11) is -3.43. The van der Waals surface area contributed by atoms with Crippen molar-refractivity contribution in [1.82, 2.24) is 4.72 Å². The molecule has 0 radical (unpaired) electrons. The zero-order valence-corrected chi connectivity index (χ0v) is 7.49. The molecule has 0 fully saturated rings. The van der Waals surface area contributed by atoms with Crippen molar-refractivity contribution < 1.29 is 8.42 Å². The fourth-order valence-electron chi connectivity index (χ4n) is 0.813. The molecule has 0 amide bonds. The van der Waals surface area contributed by atoms with Gasteiger partial charge in [0.25, 0.3) is 0 Å². The third-order valence-electron chi connectivity index (χ3n) is 1.64. The van der Waals surface area contributed by atoms with Crippen LogP contribution in [0.15, 0.2) is 15.7 Å². The number of nitrogens with one attached hydrogen (secondary N) is 1. The van der Waals surface area contributed by atoms with E-state index >= 15 is 0 Å². The van der Waals surface area contributed by atoms with Crippen LogP contribution in [0.5, 0.6) is 0 Å². The Morgan fingerprint density at radius 3 is 2.27 bits per heavy atom. The summed E-state index contributed by atoms with van der Waals surface area (Å²) in [6.07, 6.45) is 0. The minimum Gasteiger partial charge on any atom is -0.269 e. The van der Waals surface area contributed by atoms with Crippen LogP contribution in [-0.4, -0.2) is 14.1 Å². The molecule has 0 aromatic carbocycles. The van der Waals surface area contributed by atoms with Gasteiger partial charge < -0.3 is 0 Å². The molecule has 1 aliphatic heterocycles. The Labute approximate surface area is 66.2 Å². The van der Waals surface area contributed by atoms with Crippen LogP contribution in [0.3, 0.4) is 0 Å². The van der Waals surface area contributed by atoms with Gasteiger partial charge in [0.15, 0.2) is 0 Å². The topological polar surface area (TPSA) is 58.5 Å². The number of nitrogens with zero attached hydrogens (tertiary/aromatic N) is 1. The summed E-state index contributed by atoms with van der Waals surface area (Å²) < 4.78 is 27.5. The molecule has 0 aromatic rings. The Morgan fingerprint density at radius 2 is 1.82 bits per heavy atom. The highest BCUT2D eigenvalue weighted by atomic mass is 32.2. The quantitative estimate of drug-likeness (QED) is 0.584. The summed E-state index contributed by atoms with van der Waals surface area (Å²) in [6.45, 7) is 5.22.